The number of nitrogens with one attached hydrogen (secondary N) is 2. The Morgan fingerprint density at radius 1 is 0.691 bits per heavy atom. The number of hydrogen-bond donors (Lipinski definition) is 5. The number of amides is 2. The highest BCUT2D eigenvalue weighted by atomic mass is 35.5. The number of carbonyl (C=O) groups is 4. The van der Waals surface area contributed by atoms with Crippen LogP contribution in [0.15, 0.2) is 100 Å². The Bertz CT molecular complexity index is 3580. The molecule has 5 aromatic rings. The summed E-state index contributed by atoms with van der Waals surface area (Å²) in [5, 5.41) is 42.6. The van der Waals surface area contributed by atoms with Crippen LogP contribution in [0.3, 0.4) is 0 Å². The minimum Gasteiger partial charge on any atom is -0.508 e. The van der Waals surface area contributed by atoms with Crippen molar-refractivity contribution in [3.63, 3.8) is 0 Å². The first-order chi connectivity index (χ1) is 45.4. The number of phenols is 1. The summed E-state index contributed by atoms with van der Waals surface area (Å²) in [7, 11) is 1.55. The second-order valence-electron chi connectivity index (χ2n) is 20.5. The van der Waals surface area contributed by atoms with Gasteiger partial charge >= 0.3 is 18.1 Å². The molecule has 0 bridgehead atoms. The first-order valence-electron chi connectivity index (χ1n) is 29.8. The maximum absolute atomic E-state index is 13.5. The lowest BCUT2D eigenvalue weighted by molar-refractivity contribution is -0.192. The molecule has 3 aliphatic rings. The predicted octanol–water partition coefficient (Wildman–Crippen LogP) is 7.39. The van der Waals surface area contributed by atoms with E-state index in [1.165, 1.54) is 54.6 Å². The molecule has 31 heteroatoms. The summed E-state index contributed by atoms with van der Waals surface area (Å²) in [6.45, 7) is 7.80. The van der Waals surface area contributed by atoms with Crippen LogP contribution < -0.4 is 30.4 Å². The first-order valence-corrected chi connectivity index (χ1v) is 30.1. The average Bonchev–Trinajstić information content (AvgIpc) is 0.837. The zero-order chi connectivity index (χ0) is 67.2. The first kappa shape index (κ1) is 72.8. The minimum absolute atomic E-state index is 0.0626. The molecule has 26 nitrogen and oxygen atoms in total. The molecule has 5 N–H and O–H groups in total. The summed E-state index contributed by atoms with van der Waals surface area (Å²) in [4.78, 5) is 65.3. The summed E-state index contributed by atoms with van der Waals surface area (Å²) >= 11 is 6.16. The molecular formula is C63H72ClF4N7O19. The zero-order valence-corrected chi connectivity index (χ0v) is 52.0. The molecule has 0 unspecified atom stereocenters. The average molecular weight is 1340 g/mol. The van der Waals surface area contributed by atoms with Crippen LogP contribution in [0.2, 0.25) is 5.02 Å². The third-order valence-electron chi connectivity index (χ3n) is 13.7. The van der Waals surface area contributed by atoms with Crippen LogP contribution >= 0.6 is 11.6 Å². The molecule has 0 spiro atoms. The maximum Gasteiger partial charge on any atom is 0.490 e. The number of benzene rings is 4. The van der Waals surface area contributed by atoms with Gasteiger partial charge in [-0.25, -0.2) is 19.0 Å². The van der Waals surface area contributed by atoms with Crippen LogP contribution in [0.25, 0.3) is 39.1 Å². The maximum atomic E-state index is 13.5. The quantitative estimate of drug-likeness (QED) is 0.0142. The fourth-order valence-electron chi connectivity index (χ4n) is 9.10. The van der Waals surface area contributed by atoms with Gasteiger partial charge in [0.05, 0.1) is 142 Å². The van der Waals surface area contributed by atoms with Gasteiger partial charge in [0.2, 0.25) is 17.7 Å². The van der Waals surface area contributed by atoms with E-state index in [0.717, 1.165) is 5.69 Å². The number of carboxylic acids is 2. The van der Waals surface area contributed by atoms with E-state index in [4.69, 9.17) is 73.3 Å². The minimum atomic E-state index is -5.08. The van der Waals surface area contributed by atoms with E-state index in [-0.39, 0.29) is 57.3 Å². The van der Waals surface area contributed by atoms with Crippen molar-refractivity contribution in [3.05, 3.63) is 129 Å². The van der Waals surface area contributed by atoms with Crippen LogP contribution in [0.5, 0.6) is 17.4 Å². The molecule has 1 saturated heterocycles. The van der Waals surface area contributed by atoms with E-state index < -0.39 is 29.8 Å². The predicted molar refractivity (Wildman–Crippen MR) is 330 cm³/mol. The number of aliphatic carboxylic acids is 1. The van der Waals surface area contributed by atoms with Gasteiger partial charge in [-0.05, 0) is 79.1 Å². The fraction of sp³-hybridized carbons (Fsp3) is 0.429. The topological polar surface area (TPSA) is 322 Å². The highest BCUT2D eigenvalue weighted by Gasteiger charge is 2.38. The summed E-state index contributed by atoms with van der Waals surface area (Å²) in [6.07, 6.45) is -1.34. The van der Waals surface area contributed by atoms with Crippen LogP contribution in [0.1, 0.15) is 52.2 Å². The molecular weight excluding hydrogens is 1270 g/mol. The van der Waals surface area contributed by atoms with E-state index in [1.54, 1.807) is 37.6 Å². The monoisotopic (exact) mass is 1340 g/mol. The number of ether oxygens (including phenoxy) is 10. The number of nitrogens with zero attached hydrogens (tertiary/aromatic N) is 5. The second-order valence-corrected chi connectivity index (χ2v) is 20.9. The second kappa shape index (κ2) is 37.9. The Hall–Kier alpha value is -8.59. The number of anilines is 1. The molecule has 1 fully saturated rings. The highest BCUT2D eigenvalue weighted by Crippen LogP contribution is 2.42. The van der Waals surface area contributed by atoms with Crippen LogP contribution in [0.4, 0.5) is 23.5 Å². The Morgan fingerprint density at radius 2 is 1.31 bits per heavy atom. The van der Waals surface area contributed by atoms with Gasteiger partial charge in [0.15, 0.2) is 11.3 Å². The normalized spacial score (nSPS) is 12.3. The molecule has 94 heavy (non-hydrogen) atoms. The lowest BCUT2D eigenvalue weighted by Crippen LogP contribution is -2.55. The number of fused-ring (bicyclic) bond motifs is 2. The number of aromatic carboxylic acids is 1. The number of carboxylic acid groups (broad SMARTS) is 2. The number of aromatic nitrogens is 4. The number of halogens is 5. The van der Waals surface area contributed by atoms with E-state index in [0.29, 0.717) is 196 Å². The van der Waals surface area contributed by atoms with Crippen molar-refractivity contribution in [2.75, 3.05) is 137 Å². The van der Waals surface area contributed by atoms with Gasteiger partial charge in [-0.15, -0.1) is 10.2 Å². The third-order valence-corrected chi connectivity index (χ3v) is 14.0. The van der Waals surface area contributed by atoms with Crippen molar-refractivity contribution in [3.8, 4) is 45.5 Å². The van der Waals surface area contributed by atoms with Crippen molar-refractivity contribution in [1.82, 2.24) is 30.4 Å². The fourth-order valence-corrected chi connectivity index (χ4v) is 9.31. The number of phenolic OH excluding ortho intramolecular Hbond substituents is 1. The lowest BCUT2D eigenvalue weighted by Gasteiger charge is -2.39. The number of hydrogen-bond acceptors (Lipinski definition) is 21. The molecule has 1 aliphatic carbocycles. The Labute approximate surface area is 541 Å². The van der Waals surface area contributed by atoms with Crippen molar-refractivity contribution in [1.29, 1.82) is 0 Å². The number of methoxy groups -OCH3 is 1. The van der Waals surface area contributed by atoms with Gasteiger partial charge in [-0.2, -0.15) is 13.2 Å². The van der Waals surface area contributed by atoms with Crippen molar-refractivity contribution < 1.29 is 104 Å². The molecule has 3 aromatic carbocycles. The Balaban J connectivity index is 0.00000169. The van der Waals surface area contributed by atoms with Crippen molar-refractivity contribution >= 4 is 52.3 Å². The van der Waals surface area contributed by atoms with Crippen LogP contribution in [0, 0.1) is 5.82 Å². The van der Waals surface area contributed by atoms with Crippen LogP contribution in [-0.2, 0) is 54.1 Å². The lowest BCUT2D eigenvalue weighted by atomic mass is 9.90. The summed E-state index contributed by atoms with van der Waals surface area (Å²) in [6, 6.07) is 20.7. The number of aromatic hydroxyl groups is 1. The van der Waals surface area contributed by atoms with Gasteiger partial charge < -0.3 is 82.6 Å². The van der Waals surface area contributed by atoms with Gasteiger partial charge in [-0.1, -0.05) is 24.1 Å². The SMILES string of the molecule is COc1ccc(-n2c(COCCOCCOCCOCCOCCOCCOCCOCCNC(=O)CCCCCNC(=O)c3ccc(-c4c5ccc(=O)cc-5oc5cc(O)ccc45)c(C(=O)O)c3)nnc2N2CC(Oc3ccc(F)cc3Cl)C2)cn1.O=C(O)C(F)(F)F. The molecule has 2 aromatic heterocycles. The molecule has 8 rings (SSSR count). The van der Waals surface area contributed by atoms with Gasteiger partial charge in [-0.3, -0.25) is 19.0 Å². The number of rotatable bonds is 40. The van der Waals surface area contributed by atoms with E-state index in [9.17, 15) is 47.0 Å². The Morgan fingerprint density at radius 3 is 1.89 bits per heavy atom. The molecule has 2 amide bonds. The Kier molecular flexibility index (Phi) is 29.4. The van der Waals surface area contributed by atoms with Gasteiger partial charge in [0.1, 0.15) is 41.4 Å². The van der Waals surface area contributed by atoms with Gasteiger partial charge in [0.25, 0.3) is 5.91 Å². The molecule has 0 saturated carbocycles. The molecule has 4 heterocycles. The zero-order valence-electron chi connectivity index (χ0n) is 51.2. The molecule has 508 valence electrons. The van der Waals surface area contributed by atoms with E-state index in [1.807, 2.05) is 15.5 Å². The summed E-state index contributed by atoms with van der Waals surface area (Å²) < 4.78 is 109. The smallest absolute Gasteiger partial charge is 0.490 e. The number of alkyl halides is 3. The van der Waals surface area contributed by atoms with Crippen molar-refractivity contribution in [2.45, 2.75) is 44.6 Å². The standard InChI is InChI=1S/C61H71ClFN7O17.C2HF3O2/c1-77-57-15-8-43(37-66-57)70-55(67-68-61(70)69-38-46(39-69)86-52-14-7-42(63)34-51(52)62)40-85-32-31-84-30-29-83-28-27-82-26-25-81-24-23-80-22-21-79-20-19-78-18-17-64-56(73)5-3-2-4-16-65-59(74)41-6-11-47(50(33-41)60(75)76)58-48-12-9-44(71)35-53(48)87-54-36-45(72)10-13-49(54)58;3-2(4,5)1(6)7/h6-15,33-37,46,71H,2-5,16-32,38-40H2,1H3,(H,64,73)(H,65,74)(H,75,76);(H,6,7). The van der Waals surface area contributed by atoms with Crippen molar-refractivity contribution in [2.24, 2.45) is 0 Å². The number of carbonyl (C=O) groups excluding carboxylic acids is 2. The number of pyridine rings is 1. The van der Waals surface area contributed by atoms with E-state index in [2.05, 4.69) is 25.8 Å². The molecule has 2 aliphatic heterocycles. The number of unbranched alkanes of at least 4 members (excludes halogenated alkanes) is 2. The third kappa shape index (κ3) is 23.2. The summed E-state index contributed by atoms with van der Waals surface area (Å²) in [5.74, 6) is -2.77. The molecule has 0 radical (unpaired) electrons. The highest BCUT2D eigenvalue weighted by molar-refractivity contribution is 6.32. The van der Waals surface area contributed by atoms with Gasteiger partial charge in [0, 0.05) is 59.8 Å². The molecule has 0 atom stereocenters. The van der Waals surface area contributed by atoms with Crippen LogP contribution in [-0.4, -0.2) is 203 Å². The summed E-state index contributed by atoms with van der Waals surface area (Å²) in [5.41, 5.74) is 2.03. The van der Waals surface area contributed by atoms with E-state index >= 15 is 0 Å². The largest absolute Gasteiger partial charge is 0.508 e.